The first kappa shape index (κ1) is 16.7. The van der Waals surface area contributed by atoms with Crippen LogP contribution in [0.1, 0.15) is 83.3 Å². The van der Waals surface area contributed by atoms with E-state index in [1.165, 1.54) is 31.2 Å². The molecule has 1 aromatic rings. The van der Waals surface area contributed by atoms with E-state index < -0.39 is 0 Å². The van der Waals surface area contributed by atoms with Crippen LogP contribution in [0.15, 0.2) is 12.1 Å². The smallest absolute Gasteiger partial charge is 0.127 e. The van der Waals surface area contributed by atoms with Gasteiger partial charge < -0.3 is 9.84 Å². The van der Waals surface area contributed by atoms with Crippen LogP contribution in [0.2, 0.25) is 0 Å². The van der Waals surface area contributed by atoms with E-state index in [4.69, 9.17) is 4.74 Å². The Morgan fingerprint density at radius 1 is 1.30 bits per heavy atom. The molecule has 3 atom stereocenters. The predicted molar refractivity (Wildman–Crippen MR) is 95.3 cm³/mol. The van der Waals surface area contributed by atoms with E-state index in [-0.39, 0.29) is 5.60 Å². The van der Waals surface area contributed by atoms with Crippen LogP contribution in [0.3, 0.4) is 0 Å². The summed E-state index contributed by atoms with van der Waals surface area (Å²) in [6, 6.07) is 4.20. The Morgan fingerprint density at radius 2 is 2.09 bits per heavy atom. The summed E-state index contributed by atoms with van der Waals surface area (Å²) in [5.41, 5.74) is 2.26. The summed E-state index contributed by atoms with van der Waals surface area (Å²) >= 11 is 0. The van der Waals surface area contributed by atoms with Crippen LogP contribution in [0.4, 0.5) is 0 Å². The summed E-state index contributed by atoms with van der Waals surface area (Å²) < 4.78 is 6.39. The Kier molecular flexibility index (Phi) is 4.62. The number of ether oxygens (including phenoxy) is 1. The molecule has 2 heteroatoms. The molecule has 1 aliphatic carbocycles. The van der Waals surface area contributed by atoms with E-state index in [9.17, 15) is 5.11 Å². The van der Waals surface area contributed by atoms with Gasteiger partial charge in [0.25, 0.3) is 0 Å². The lowest BCUT2D eigenvalue weighted by molar-refractivity contribution is -0.00866. The summed E-state index contributed by atoms with van der Waals surface area (Å²) in [5.74, 6) is 3.18. The van der Waals surface area contributed by atoms with E-state index >= 15 is 0 Å². The van der Waals surface area contributed by atoms with Crippen molar-refractivity contribution in [3.8, 4) is 11.5 Å². The average Bonchev–Trinajstić information content (AvgIpc) is 2.46. The molecule has 23 heavy (non-hydrogen) atoms. The lowest BCUT2D eigenvalue weighted by atomic mass is 9.64. The monoisotopic (exact) mass is 316 g/mol. The zero-order valence-corrected chi connectivity index (χ0v) is 15.2. The maximum Gasteiger partial charge on any atom is 0.127 e. The van der Waals surface area contributed by atoms with Gasteiger partial charge in [-0.15, -0.1) is 0 Å². The van der Waals surface area contributed by atoms with Gasteiger partial charge in [0.2, 0.25) is 0 Å². The topological polar surface area (TPSA) is 29.5 Å². The van der Waals surface area contributed by atoms with E-state index in [1.54, 1.807) is 0 Å². The van der Waals surface area contributed by atoms with E-state index in [2.05, 4.69) is 33.8 Å². The van der Waals surface area contributed by atoms with Crippen LogP contribution in [0.5, 0.6) is 11.5 Å². The summed E-state index contributed by atoms with van der Waals surface area (Å²) in [5, 5.41) is 10.7. The number of benzene rings is 1. The highest BCUT2D eigenvalue weighted by molar-refractivity contribution is 5.52. The van der Waals surface area contributed by atoms with Gasteiger partial charge >= 0.3 is 0 Å². The van der Waals surface area contributed by atoms with Gasteiger partial charge in [0.15, 0.2) is 0 Å². The van der Waals surface area contributed by atoms with Crippen molar-refractivity contribution in [2.24, 2.45) is 11.8 Å². The van der Waals surface area contributed by atoms with Crippen LogP contribution in [-0.2, 0) is 6.42 Å². The number of fused-ring (bicyclic) bond motifs is 4. The van der Waals surface area contributed by atoms with Crippen LogP contribution < -0.4 is 4.74 Å². The van der Waals surface area contributed by atoms with Gasteiger partial charge in [0, 0.05) is 5.56 Å². The Bertz CT molecular complexity index is 563. The molecule has 1 fully saturated rings. The molecular formula is C21H32O2. The zero-order chi connectivity index (χ0) is 16.6. The van der Waals surface area contributed by atoms with Crippen molar-refractivity contribution in [1.82, 2.24) is 0 Å². The molecule has 2 bridgehead atoms. The molecule has 1 N–H and O–H groups in total. The average molecular weight is 316 g/mol. The van der Waals surface area contributed by atoms with Gasteiger partial charge in [-0.3, -0.25) is 0 Å². The molecule has 3 rings (SSSR count). The van der Waals surface area contributed by atoms with Gasteiger partial charge in [-0.25, -0.2) is 0 Å². The normalized spacial score (nSPS) is 29.3. The molecule has 1 saturated carbocycles. The number of phenolic OH excluding ortho intramolecular Hbond substituents is 1. The molecule has 2 nitrogen and oxygen atoms in total. The fourth-order valence-corrected chi connectivity index (χ4v) is 4.71. The minimum absolute atomic E-state index is 0.0441. The van der Waals surface area contributed by atoms with Crippen molar-refractivity contribution in [3.05, 3.63) is 23.3 Å². The summed E-state index contributed by atoms with van der Waals surface area (Å²) in [7, 11) is 0. The maximum absolute atomic E-state index is 10.7. The highest BCUT2D eigenvalue weighted by Gasteiger charge is 2.46. The number of phenols is 1. The third-order valence-electron chi connectivity index (χ3n) is 6.01. The molecule has 0 saturated heterocycles. The molecule has 0 radical (unpaired) electrons. The molecule has 2 aliphatic rings. The second-order valence-corrected chi connectivity index (χ2v) is 8.29. The van der Waals surface area contributed by atoms with Crippen molar-refractivity contribution in [2.75, 3.05) is 0 Å². The van der Waals surface area contributed by atoms with Crippen molar-refractivity contribution in [3.63, 3.8) is 0 Å². The summed E-state index contributed by atoms with van der Waals surface area (Å²) in [4.78, 5) is 0. The van der Waals surface area contributed by atoms with Crippen molar-refractivity contribution in [1.29, 1.82) is 0 Å². The number of hydrogen-bond acceptors (Lipinski definition) is 2. The Balaban J connectivity index is 1.94. The molecule has 0 aromatic heterocycles. The van der Waals surface area contributed by atoms with Crippen LogP contribution >= 0.6 is 0 Å². The van der Waals surface area contributed by atoms with Gasteiger partial charge in [-0.1, -0.05) is 33.6 Å². The van der Waals surface area contributed by atoms with Crippen LogP contribution in [0, 0.1) is 11.8 Å². The second kappa shape index (κ2) is 6.37. The van der Waals surface area contributed by atoms with Gasteiger partial charge in [0.05, 0.1) is 0 Å². The standard InChI is InChI=1S/C21H32O2/c1-5-6-7-8-15-11-18(22)20-17-13-21(4,23-19(20)12-15)10-9-16(17)14(2)3/h11-12,14,16-17,22H,5-10,13H2,1-4H3/t16-,17?,21+/m0/s1. The van der Waals surface area contributed by atoms with Gasteiger partial charge in [-0.05, 0) is 74.5 Å². The van der Waals surface area contributed by atoms with Crippen LogP contribution in [-0.4, -0.2) is 10.7 Å². The van der Waals surface area contributed by atoms with E-state index in [0.29, 0.717) is 23.5 Å². The van der Waals surface area contributed by atoms with E-state index in [1.807, 2.05) is 6.07 Å². The number of rotatable bonds is 5. The quantitative estimate of drug-likeness (QED) is 0.694. The first-order valence-electron chi connectivity index (χ1n) is 9.48. The van der Waals surface area contributed by atoms with Crippen LogP contribution in [0.25, 0.3) is 0 Å². The summed E-state index contributed by atoms with van der Waals surface area (Å²) in [6.45, 7) is 9.11. The Hall–Kier alpha value is -1.18. The number of hydrogen-bond donors (Lipinski definition) is 1. The van der Waals surface area contributed by atoms with Crippen molar-refractivity contribution < 1.29 is 9.84 Å². The highest BCUT2D eigenvalue weighted by Crippen LogP contribution is 2.55. The Labute approximate surface area is 141 Å². The summed E-state index contributed by atoms with van der Waals surface area (Å²) in [6.07, 6.45) is 8.07. The first-order valence-corrected chi connectivity index (χ1v) is 9.48. The molecule has 1 heterocycles. The first-order chi connectivity index (χ1) is 10.9. The lowest BCUT2D eigenvalue weighted by Gasteiger charge is -2.49. The highest BCUT2D eigenvalue weighted by atomic mass is 16.5. The van der Waals surface area contributed by atoms with Gasteiger partial charge in [-0.2, -0.15) is 0 Å². The third-order valence-corrected chi connectivity index (χ3v) is 6.01. The molecule has 0 spiro atoms. The fourth-order valence-electron chi connectivity index (χ4n) is 4.71. The third kappa shape index (κ3) is 3.22. The SMILES string of the molecule is CCCCCc1cc(O)c2c(c1)O[C@]1(C)CC[C@@H](C(C)C)C2C1. The molecular weight excluding hydrogens is 284 g/mol. The van der Waals surface area contributed by atoms with Gasteiger partial charge in [0.1, 0.15) is 17.1 Å². The van der Waals surface area contributed by atoms with Crippen molar-refractivity contribution in [2.45, 2.75) is 84.2 Å². The molecule has 1 aliphatic heterocycles. The molecule has 1 unspecified atom stereocenters. The molecule has 0 amide bonds. The molecule has 128 valence electrons. The minimum atomic E-state index is -0.0441. The van der Waals surface area contributed by atoms with E-state index in [0.717, 1.165) is 30.6 Å². The van der Waals surface area contributed by atoms with Crippen molar-refractivity contribution >= 4 is 0 Å². The Morgan fingerprint density at radius 3 is 2.78 bits per heavy atom. The predicted octanol–water partition coefficient (Wildman–Crippen LogP) is 5.82. The number of aryl methyl sites for hydroxylation is 1. The largest absolute Gasteiger partial charge is 0.508 e. The molecule has 1 aromatic carbocycles. The lowest BCUT2D eigenvalue weighted by Crippen LogP contribution is -2.45. The zero-order valence-electron chi connectivity index (χ0n) is 15.2. The number of aromatic hydroxyl groups is 1. The second-order valence-electron chi connectivity index (χ2n) is 8.29. The maximum atomic E-state index is 10.7. The minimum Gasteiger partial charge on any atom is -0.508 e. The fraction of sp³-hybridized carbons (Fsp3) is 0.714. The number of unbranched alkanes of at least 4 members (excludes halogenated alkanes) is 2.